The molecule has 0 bridgehead atoms. The van der Waals surface area contributed by atoms with Crippen LogP contribution in [0.1, 0.15) is 56.4 Å². The second-order valence-electron chi connectivity index (χ2n) is 8.75. The molecule has 4 heterocycles. The Bertz CT molecular complexity index is 859. The Kier molecular flexibility index (Phi) is 5.97. The highest BCUT2D eigenvalue weighted by molar-refractivity contribution is 5.86. The lowest BCUT2D eigenvalue weighted by molar-refractivity contribution is 0.122. The summed E-state index contributed by atoms with van der Waals surface area (Å²) in [5.74, 6) is 1.62. The van der Waals surface area contributed by atoms with E-state index in [4.69, 9.17) is 19.4 Å². The Balaban J connectivity index is 1.47. The largest absolute Gasteiger partial charge is 0.474 e. The number of hydrogen-bond acceptors (Lipinski definition) is 8. The fraction of sp³-hybridized carbons (Fsp3) is 0.682. The van der Waals surface area contributed by atoms with E-state index in [9.17, 15) is 5.11 Å². The molecule has 2 aromatic heterocycles. The predicted octanol–water partition coefficient (Wildman–Crippen LogP) is 2.37. The quantitative estimate of drug-likeness (QED) is 0.687. The van der Waals surface area contributed by atoms with Crippen molar-refractivity contribution in [2.75, 3.05) is 31.6 Å². The van der Waals surface area contributed by atoms with Gasteiger partial charge in [-0.1, -0.05) is 0 Å². The summed E-state index contributed by atoms with van der Waals surface area (Å²) < 4.78 is 11.8. The van der Waals surface area contributed by atoms with E-state index in [0.29, 0.717) is 24.4 Å². The van der Waals surface area contributed by atoms with Crippen LogP contribution < -0.4 is 15.4 Å². The van der Waals surface area contributed by atoms with Gasteiger partial charge in [-0.2, -0.15) is 0 Å². The highest BCUT2D eigenvalue weighted by Gasteiger charge is 2.26. The van der Waals surface area contributed by atoms with Crippen molar-refractivity contribution >= 4 is 16.9 Å². The molecule has 8 heteroatoms. The summed E-state index contributed by atoms with van der Waals surface area (Å²) in [7, 11) is 0. The maximum absolute atomic E-state index is 9.93. The van der Waals surface area contributed by atoms with Crippen molar-refractivity contribution in [3.05, 3.63) is 18.0 Å². The summed E-state index contributed by atoms with van der Waals surface area (Å²) in [5.41, 5.74) is 2.06. The summed E-state index contributed by atoms with van der Waals surface area (Å²) in [6.45, 7) is 3.41. The van der Waals surface area contributed by atoms with Crippen molar-refractivity contribution in [1.29, 1.82) is 0 Å². The van der Waals surface area contributed by atoms with Crippen LogP contribution in [0.3, 0.4) is 0 Å². The molecule has 3 aliphatic rings. The van der Waals surface area contributed by atoms with Gasteiger partial charge in [0.1, 0.15) is 6.10 Å². The minimum Gasteiger partial charge on any atom is -0.474 e. The first-order chi connectivity index (χ1) is 14.8. The molecular formula is C22H31N5O3. The highest BCUT2D eigenvalue weighted by atomic mass is 16.5. The van der Waals surface area contributed by atoms with Gasteiger partial charge in [0, 0.05) is 24.6 Å². The molecule has 1 saturated carbocycles. The van der Waals surface area contributed by atoms with Crippen LogP contribution in [-0.4, -0.2) is 64.6 Å². The topological polar surface area (TPSA) is 101 Å². The van der Waals surface area contributed by atoms with Crippen LogP contribution >= 0.6 is 0 Å². The second kappa shape index (κ2) is 8.99. The molecule has 1 atom stereocenters. The molecule has 2 aromatic rings. The van der Waals surface area contributed by atoms with Crippen molar-refractivity contribution in [3.63, 3.8) is 0 Å². The lowest BCUT2D eigenvalue weighted by Crippen LogP contribution is -2.34. The number of nitrogens with zero attached hydrogens (tertiary/aromatic N) is 3. The average molecular weight is 414 g/mol. The number of pyridine rings is 1. The smallest absolute Gasteiger partial charge is 0.224 e. The fourth-order valence-electron chi connectivity index (χ4n) is 4.77. The van der Waals surface area contributed by atoms with Crippen molar-refractivity contribution < 1.29 is 14.6 Å². The van der Waals surface area contributed by atoms with Crippen molar-refractivity contribution in [3.8, 4) is 5.88 Å². The Morgan fingerprint density at radius 2 is 1.87 bits per heavy atom. The zero-order valence-electron chi connectivity index (χ0n) is 17.3. The van der Waals surface area contributed by atoms with Gasteiger partial charge >= 0.3 is 0 Å². The van der Waals surface area contributed by atoms with Crippen molar-refractivity contribution in [2.45, 2.75) is 69.1 Å². The molecule has 0 unspecified atom stereocenters. The number of aliphatic hydroxyl groups excluding tert-OH is 1. The van der Waals surface area contributed by atoms with Crippen LogP contribution in [0.25, 0.3) is 10.9 Å². The fourth-order valence-corrected chi connectivity index (χ4v) is 4.77. The van der Waals surface area contributed by atoms with Gasteiger partial charge in [-0.15, -0.1) is 0 Å². The predicted molar refractivity (Wildman–Crippen MR) is 114 cm³/mol. The van der Waals surface area contributed by atoms with Gasteiger partial charge in [-0.25, -0.2) is 15.0 Å². The highest BCUT2D eigenvalue weighted by Crippen LogP contribution is 2.38. The third kappa shape index (κ3) is 4.36. The van der Waals surface area contributed by atoms with Crippen LogP contribution in [0, 0.1) is 0 Å². The van der Waals surface area contributed by atoms with Crippen LogP contribution in [0.4, 0.5) is 5.95 Å². The molecule has 0 radical (unpaired) electrons. The van der Waals surface area contributed by atoms with Gasteiger partial charge in [0.2, 0.25) is 11.8 Å². The van der Waals surface area contributed by atoms with Crippen LogP contribution in [0.5, 0.6) is 5.88 Å². The number of piperidine rings is 1. The minimum atomic E-state index is -0.183. The summed E-state index contributed by atoms with van der Waals surface area (Å²) in [4.78, 5) is 14.2. The maximum Gasteiger partial charge on any atom is 0.224 e. The summed E-state index contributed by atoms with van der Waals surface area (Å²) >= 11 is 0. The monoisotopic (exact) mass is 413 g/mol. The number of ether oxygens (including phenoxy) is 2. The van der Waals surface area contributed by atoms with Gasteiger partial charge < -0.3 is 25.2 Å². The molecule has 3 fully saturated rings. The summed E-state index contributed by atoms with van der Waals surface area (Å²) in [6.07, 6.45) is 10.3. The zero-order chi connectivity index (χ0) is 20.3. The number of aromatic nitrogens is 3. The van der Waals surface area contributed by atoms with E-state index in [1.807, 2.05) is 12.4 Å². The molecule has 0 aromatic carbocycles. The van der Waals surface area contributed by atoms with E-state index in [1.54, 1.807) is 0 Å². The minimum absolute atomic E-state index is 0.172. The van der Waals surface area contributed by atoms with Crippen molar-refractivity contribution in [2.24, 2.45) is 0 Å². The van der Waals surface area contributed by atoms with Crippen LogP contribution in [0.15, 0.2) is 12.4 Å². The second-order valence-corrected chi connectivity index (χ2v) is 8.75. The molecular weight excluding hydrogens is 382 g/mol. The number of hydrogen-bond donors (Lipinski definition) is 3. The normalized spacial score (nSPS) is 28.0. The van der Waals surface area contributed by atoms with Crippen LogP contribution in [-0.2, 0) is 4.74 Å². The number of nitrogens with one attached hydrogen (secondary N) is 2. The first-order valence-electron chi connectivity index (χ1n) is 11.3. The van der Waals surface area contributed by atoms with Gasteiger partial charge in [0.25, 0.3) is 0 Å². The van der Waals surface area contributed by atoms with Crippen molar-refractivity contribution in [1.82, 2.24) is 20.3 Å². The Hall–Kier alpha value is -2.03. The zero-order valence-corrected chi connectivity index (χ0v) is 17.3. The van der Waals surface area contributed by atoms with E-state index in [2.05, 4.69) is 15.6 Å². The first kappa shape index (κ1) is 19.9. The Morgan fingerprint density at radius 1 is 1.03 bits per heavy atom. The van der Waals surface area contributed by atoms with Gasteiger partial charge in [0.15, 0.2) is 0 Å². The molecule has 0 amide bonds. The van der Waals surface area contributed by atoms with Gasteiger partial charge in [-0.05, 0) is 64.0 Å². The van der Waals surface area contributed by atoms with E-state index in [-0.39, 0.29) is 18.2 Å². The maximum atomic E-state index is 9.93. The molecule has 5 rings (SSSR count). The number of aliphatic hydroxyl groups is 1. The van der Waals surface area contributed by atoms with E-state index in [0.717, 1.165) is 81.1 Å². The van der Waals surface area contributed by atoms with E-state index >= 15 is 0 Å². The lowest BCUT2D eigenvalue weighted by atomic mass is 9.83. The first-order valence-corrected chi connectivity index (χ1v) is 11.3. The molecule has 8 nitrogen and oxygen atoms in total. The third-order valence-electron chi connectivity index (χ3n) is 6.58. The van der Waals surface area contributed by atoms with E-state index in [1.165, 1.54) is 0 Å². The average Bonchev–Trinajstić information content (AvgIpc) is 3.28. The third-order valence-corrected chi connectivity index (χ3v) is 6.58. The molecule has 2 aliphatic heterocycles. The van der Waals surface area contributed by atoms with Crippen LogP contribution in [0.2, 0.25) is 0 Å². The van der Waals surface area contributed by atoms with E-state index < -0.39 is 0 Å². The van der Waals surface area contributed by atoms with Gasteiger partial charge in [-0.3, -0.25) is 0 Å². The molecule has 162 valence electrons. The molecule has 30 heavy (non-hydrogen) atoms. The SMILES string of the molecule is OC1CCC(c2cnc(OC3CCNCC3)c3cnc(N[C@H]4CCOC4)nc23)CC1. The summed E-state index contributed by atoms with van der Waals surface area (Å²) in [5, 5.41) is 17.6. The molecule has 1 aliphatic carbocycles. The number of anilines is 1. The standard InChI is InChI=1S/C22H31N5O3/c28-16-3-1-14(2-4-16)18-11-24-21(30-17-5-8-23-9-6-17)19-12-25-22(27-20(18)19)26-15-7-10-29-13-15/h11-12,14-17,23,28H,1-10,13H2,(H,25,26,27)/t14?,15-,16?/m0/s1. The summed E-state index contributed by atoms with van der Waals surface area (Å²) in [6, 6.07) is 0.253. The molecule has 3 N–H and O–H groups in total. The number of fused-ring (bicyclic) bond motifs is 1. The lowest BCUT2D eigenvalue weighted by Gasteiger charge is -2.27. The van der Waals surface area contributed by atoms with Gasteiger partial charge in [0.05, 0.1) is 29.7 Å². The molecule has 2 saturated heterocycles. The number of rotatable bonds is 5. The Morgan fingerprint density at radius 3 is 2.63 bits per heavy atom. The Labute approximate surface area is 176 Å². The molecule has 0 spiro atoms.